The third-order valence-electron chi connectivity index (χ3n) is 4.99. The molecule has 0 radical (unpaired) electrons. The summed E-state index contributed by atoms with van der Waals surface area (Å²) >= 11 is 0. The SMILES string of the molecule is Cc1cc(C(=O)N2CC3(C2)OCCC3CCNS(C)(=O)=O)cc(C)n1. The molecule has 1 spiro atoms. The Hall–Kier alpha value is -1.51. The van der Waals surface area contributed by atoms with E-state index >= 15 is 0 Å². The average Bonchev–Trinajstić information content (AvgIpc) is 2.86. The number of ether oxygens (including phenoxy) is 1. The van der Waals surface area contributed by atoms with Gasteiger partial charge in [0.05, 0.1) is 19.3 Å². The number of hydrogen-bond acceptors (Lipinski definition) is 5. The second kappa shape index (κ2) is 6.66. The lowest BCUT2D eigenvalue weighted by molar-refractivity contribution is -0.117. The van der Waals surface area contributed by atoms with Crippen LogP contribution >= 0.6 is 0 Å². The highest BCUT2D eigenvalue weighted by Gasteiger charge is 2.54. The Morgan fingerprint density at radius 2 is 2.00 bits per heavy atom. The van der Waals surface area contributed by atoms with E-state index in [-0.39, 0.29) is 17.4 Å². The minimum absolute atomic E-state index is 0.00253. The van der Waals surface area contributed by atoms with Gasteiger partial charge in [0.15, 0.2) is 0 Å². The van der Waals surface area contributed by atoms with Crippen molar-refractivity contribution in [1.29, 1.82) is 0 Å². The molecule has 0 bridgehead atoms. The van der Waals surface area contributed by atoms with Gasteiger partial charge in [-0.25, -0.2) is 13.1 Å². The first-order chi connectivity index (χ1) is 11.7. The van der Waals surface area contributed by atoms with Crippen LogP contribution in [0.3, 0.4) is 0 Å². The number of nitrogens with zero attached hydrogens (tertiary/aromatic N) is 2. The van der Waals surface area contributed by atoms with Crippen LogP contribution in [0.2, 0.25) is 0 Å². The van der Waals surface area contributed by atoms with Crippen molar-refractivity contribution in [3.05, 3.63) is 29.1 Å². The van der Waals surface area contributed by atoms with Gasteiger partial charge in [-0.1, -0.05) is 0 Å². The first kappa shape index (κ1) is 18.3. The molecule has 2 fully saturated rings. The standard InChI is InChI=1S/C17H25N3O4S/c1-12-8-14(9-13(2)19-12)16(21)20-10-17(11-20)15(5-7-24-17)4-6-18-25(3,22)23/h8-9,15,18H,4-7,10-11H2,1-3H3. The molecule has 8 heteroatoms. The highest BCUT2D eigenvalue weighted by Crippen LogP contribution is 2.42. The molecular weight excluding hydrogens is 342 g/mol. The van der Waals surface area contributed by atoms with Gasteiger partial charge in [0.2, 0.25) is 10.0 Å². The number of aromatic nitrogens is 1. The lowest BCUT2D eigenvalue weighted by Crippen LogP contribution is -2.66. The molecule has 0 saturated carbocycles. The lowest BCUT2D eigenvalue weighted by Gasteiger charge is -2.50. The van der Waals surface area contributed by atoms with Crippen LogP contribution in [0.25, 0.3) is 0 Å². The van der Waals surface area contributed by atoms with E-state index in [9.17, 15) is 13.2 Å². The molecular formula is C17H25N3O4S. The van der Waals surface area contributed by atoms with E-state index in [2.05, 4.69) is 9.71 Å². The fourth-order valence-corrected chi connectivity index (χ4v) is 4.33. The third-order valence-corrected chi connectivity index (χ3v) is 5.72. The van der Waals surface area contributed by atoms with Crippen molar-refractivity contribution in [2.45, 2.75) is 32.3 Å². The maximum atomic E-state index is 12.7. The third kappa shape index (κ3) is 4.02. The molecule has 1 aromatic rings. The quantitative estimate of drug-likeness (QED) is 0.834. The number of nitrogens with one attached hydrogen (secondary N) is 1. The van der Waals surface area contributed by atoms with Crippen LogP contribution in [0, 0.1) is 19.8 Å². The van der Waals surface area contributed by atoms with E-state index in [4.69, 9.17) is 4.74 Å². The van der Waals surface area contributed by atoms with E-state index in [0.717, 1.165) is 30.5 Å². The number of carbonyl (C=O) groups excluding carboxylic acids is 1. The maximum Gasteiger partial charge on any atom is 0.254 e. The summed E-state index contributed by atoms with van der Waals surface area (Å²) in [5.41, 5.74) is 2.01. The van der Waals surface area contributed by atoms with Gasteiger partial charge in [-0.15, -0.1) is 0 Å². The Labute approximate surface area is 148 Å². The highest BCUT2D eigenvalue weighted by atomic mass is 32.2. The van der Waals surface area contributed by atoms with Crippen LogP contribution in [-0.4, -0.2) is 62.3 Å². The largest absolute Gasteiger partial charge is 0.371 e. The van der Waals surface area contributed by atoms with E-state index in [1.54, 1.807) is 4.90 Å². The van der Waals surface area contributed by atoms with Gasteiger partial charge in [-0.05, 0) is 44.7 Å². The molecule has 1 unspecified atom stereocenters. The molecule has 1 amide bonds. The van der Waals surface area contributed by atoms with Crippen molar-refractivity contribution in [3.63, 3.8) is 0 Å². The van der Waals surface area contributed by atoms with Crippen LogP contribution < -0.4 is 4.72 Å². The second-order valence-electron chi connectivity index (χ2n) is 7.15. The Morgan fingerprint density at radius 3 is 2.60 bits per heavy atom. The summed E-state index contributed by atoms with van der Waals surface area (Å²) in [7, 11) is -3.17. The maximum absolute atomic E-state index is 12.7. The lowest BCUT2D eigenvalue weighted by atomic mass is 9.78. The van der Waals surface area contributed by atoms with E-state index in [0.29, 0.717) is 31.8 Å². The highest BCUT2D eigenvalue weighted by molar-refractivity contribution is 7.88. The molecule has 1 atom stereocenters. The van der Waals surface area contributed by atoms with Crippen molar-refractivity contribution in [2.24, 2.45) is 5.92 Å². The van der Waals surface area contributed by atoms with Crippen molar-refractivity contribution in [2.75, 3.05) is 32.5 Å². The van der Waals surface area contributed by atoms with E-state index < -0.39 is 10.0 Å². The van der Waals surface area contributed by atoms with Crippen LogP contribution in [0.4, 0.5) is 0 Å². The van der Waals surface area contributed by atoms with E-state index in [1.807, 2.05) is 26.0 Å². The van der Waals surface area contributed by atoms with Crippen LogP contribution in [0.1, 0.15) is 34.6 Å². The number of hydrogen-bond donors (Lipinski definition) is 1. The van der Waals surface area contributed by atoms with Crippen LogP contribution in [0.15, 0.2) is 12.1 Å². The molecule has 0 aromatic carbocycles. The summed E-state index contributed by atoms with van der Waals surface area (Å²) in [6, 6.07) is 3.62. The molecule has 0 aliphatic carbocycles. The predicted octanol–water partition coefficient (Wildman–Crippen LogP) is 0.869. The molecule has 138 valence electrons. The van der Waals surface area contributed by atoms with Gasteiger partial charge < -0.3 is 9.64 Å². The number of rotatable bonds is 5. The first-order valence-corrected chi connectivity index (χ1v) is 10.4. The molecule has 1 aromatic heterocycles. The second-order valence-corrected chi connectivity index (χ2v) is 8.99. The minimum atomic E-state index is -3.17. The molecule has 2 aliphatic heterocycles. The zero-order chi connectivity index (χ0) is 18.2. The molecule has 25 heavy (non-hydrogen) atoms. The van der Waals surface area contributed by atoms with Crippen molar-refractivity contribution in [1.82, 2.24) is 14.6 Å². The molecule has 2 aliphatic rings. The Morgan fingerprint density at radius 1 is 1.36 bits per heavy atom. The summed E-state index contributed by atoms with van der Waals surface area (Å²) in [5, 5.41) is 0. The van der Waals surface area contributed by atoms with Gasteiger partial charge in [-0.3, -0.25) is 9.78 Å². The summed E-state index contributed by atoms with van der Waals surface area (Å²) in [6.07, 6.45) is 2.79. The Bertz CT molecular complexity index is 752. The Kier molecular flexibility index (Phi) is 4.87. The van der Waals surface area contributed by atoms with Crippen LogP contribution in [-0.2, 0) is 14.8 Å². The molecule has 2 saturated heterocycles. The topological polar surface area (TPSA) is 88.6 Å². The predicted molar refractivity (Wildman–Crippen MR) is 93.9 cm³/mol. The summed E-state index contributed by atoms with van der Waals surface area (Å²) < 4.78 is 30.9. The smallest absolute Gasteiger partial charge is 0.254 e. The van der Waals surface area contributed by atoms with Gasteiger partial charge in [0.25, 0.3) is 5.91 Å². The first-order valence-electron chi connectivity index (χ1n) is 8.52. The molecule has 1 N–H and O–H groups in total. The summed E-state index contributed by atoms with van der Waals surface area (Å²) in [6.45, 7) is 5.97. The fourth-order valence-electron chi connectivity index (χ4n) is 3.84. The van der Waals surface area contributed by atoms with E-state index in [1.165, 1.54) is 0 Å². The summed E-state index contributed by atoms with van der Waals surface area (Å²) in [5.74, 6) is 0.273. The normalized spacial score (nSPS) is 22.2. The van der Waals surface area contributed by atoms with Gasteiger partial charge in [0, 0.05) is 30.1 Å². The number of likely N-dealkylation sites (tertiary alicyclic amines) is 1. The summed E-state index contributed by atoms with van der Waals surface area (Å²) in [4.78, 5) is 18.8. The zero-order valence-electron chi connectivity index (χ0n) is 14.9. The van der Waals surface area contributed by atoms with Gasteiger partial charge in [0.1, 0.15) is 5.60 Å². The van der Waals surface area contributed by atoms with Crippen molar-refractivity contribution in [3.8, 4) is 0 Å². The number of aryl methyl sites for hydroxylation is 2. The number of amides is 1. The van der Waals surface area contributed by atoms with Crippen molar-refractivity contribution < 1.29 is 17.9 Å². The minimum Gasteiger partial charge on any atom is -0.371 e. The van der Waals surface area contributed by atoms with Crippen molar-refractivity contribution >= 4 is 15.9 Å². The number of pyridine rings is 1. The van der Waals surface area contributed by atoms with Gasteiger partial charge in [-0.2, -0.15) is 0 Å². The number of sulfonamides is 1. The number of carbonyl (C=O) groups is 1. The monoisotopic (exact) mass is 367 g/mol. The molecule has 3 rings (SSSR count). The molecule has 7 nitrogen and oxygen atoms in total. The average molecular weight is 367 g/mol. The zero-order valence-corrected chi connectivity index (χ0v) is 15.7. The van der Waals surface area contributed by atoms with Gasteiger partial charge >= 0.3 is 0 Å². The van der Waals surface area contributed by atoms with Crippen LogP contribution in [0.5, 0.6) is 0 Å². The Balaban J connectivity index is 1.60. The fraction of sp³-hybridized carbons (Fsp3) is 0.647. The molecule has 3 heterocycles.